The van der Waals surface area contributed by atoms with Crippen LogP contribution in [0.3, 0.4) is 0 Å². The van der Waals surface area contributed by atoms with E-state index in [4.69, 9.17) is 16.3 Å². The lowest BCUT2D eigenvalue weighted by atomic mass is 9.70. The molecule has 0 saturated carbocycles. The van der Waals surface area contributed by atoms with Crippen molar-refractivity contribution >= 4 is 68.4 Å². The van der Waals surface area contributed by atoms with Crippen molar-refractivity contribution in [2.75, 3.05) is 30.4 Å². The number of carbonyl (C=O) groups is 3. The average Bonchev–Trinajstić information content (AvgIpc) is 3.50. The van der Waals surface area contributed by atoms with E-state index in [2.05, 4.69) is 26.6 Å². The molecule has 0 aromatic heterocycles. The maximum Gasteiger partial charge on any atom is 0.248 e. The number of rotatable bonds is 10. The lowest BCUT2D eigenvalue weighted by Gasteiger charge is -2.35. The molecule has 0 radical (unpaired) electrons. The van der Waals surface area contributed by atoms with Gasteiger partial charge in [0.05, 0.1) is 23.2 Å². The average molecular weight is 637 g/mol. The van der Waals surface area contributed by atoms with Gasteiger partial charge in [0.2, 0.25) is 17.7 Å². The number of hydrogen-bond donors (Lipinski definition) is 3. The molecule has 39 heavy (non-hydrogen) atoms. The van der Waals surface area contributed by atoms with Crippen LogP contribution in [-0.4, -0.2) is 68.4 Å². The second-order valence-electron chi connectivity index (χ2n) is 10.1. The molecule has 5 rings (SSSR count). The molecule has 3 unspecified atom stereocenters. The topological polar surface area (TPSA) is 108 Å². The van der Waals surface area contributed by atoms with Gasteiger partial charge in [0.1, 0.15) is 11.8 Å². The van der Waals surface area contributed by atoms with Crippen LogP contribution in [-0.2, 0) is 14.4 Å². The summed E-state index contributed by atoms with van der Waals surface area (Å²) in [6, 6.07) is 13.3. The molecular formula is C28H31BrClN3O5S. The van der Waals surface area contributed by atoms with E-state index in [1.165, 1.54) is 0 Å². The van der Waals surface area contributed by atoms with Crippen molar-refractivity contribution in [3.05, 3.63) is 53.6 Å². The molecule has 1 spiro atoms. The highest BCUT2D eigenvalue weighted by molar-refractivity contribution is 9.09. The number of unbranched alkanes of at least 4 members (excludes halogenated alkanes) is 1. The van der Waals surface area contributed by atoms with E-state index in [0.717, 1.165) is 0 Å². The molecule has 3 aliphatic heterocycles. The van der Waals surface area contributed by atoms with Crippen molar-refractivity contribution in [1.82, 2.24) is 4.90 Å². The number of thioether (sulfide) groups is 1. The van der Waals surface area contributed by atoms with Gasteiger partial charge in [-0.05, 0) is 74.7 Å². The first-order valence-corrected chi connectivity index (χ1v) is 15.3. The standard InChI is InChI=1S/C28H31BrClN3O5S/c1-2-38-19-11-9-18(10-12-19)31-25(35)21-22-27(37)33(13-3-4-14-34)24(28(22)15-20(29)23(21)39-28)26(36)32-17-7-5-16(30)6-8-17/h5-12,20-24,34H,2-4,13-15H2,1H3,(H,31,35)(H,32,36)/t20?,21-,22-,23-,24?,28?/m0/s1. The maximum absolute atomic E-state index is 14.0. The lowest BCUT2D eigenvalue weighted by Crippen LogP contribution is -2.52. The van der Waals surface area contributed by atoms with Gasteiger partial charge in [-0.1, -0.05) is 27.5 Å². The van der Waals surface area contributed by atoms with E-state index >= 15 is 0 Å². The van der Waals surface area contributed by atoms with Gasteiger partial charge in [-0.3, -0.25) is 14.4 Å². The Kier molecular flexibility index (Phi) is 8.47. The van der Waals surface area contributed by atoms with Crippen LogP contribution in [0, 0.1) is 11.8 Å². The second kappa shape index (κ2) is 11.7. The molecule has 208 valence electrons. The van der Waals surface area contributed by atoms with E-state index in [1.807, 2.05) is 6.92 Å². The van der Waals surface area contributed by atoms with Crippen LogP contribution < -0.4 is 15.4 Å². The maximum atomic E-state index is 14.0. The van der Waals surface area contributed by atoms with Crippen molar-refractivity contribution in [3.8, 4) is 5.75 Å². The molecule has 3 heterocycles. The highest BCUT2D eigenvalue weighted by Gasteiger charge is 2.75. The minimum Gasteiger partial charge on any atom is -0.494 e. The molecule has 2 bridgehead atoms. The third-order valence-electron chi connectivity index (χ3n) is 7.69. The van der Waals surface area contributed by atoms with Crippen molar-refractivity contribution in [1.29, 1.82) is 0 Å². The number of hydrogen-bond acceptors (Lipinski definition) is 6. The van der Waals surface area contributed by atoms with Gasteiger partial charge in [-0.2, -0.15) is 0 Å². The fourth-order valence-electron chi connectivity index (χ4n) is 6.13. The first kappa shape index (κ1) is 28.3. The van der Waals surface area contributed by atoms with E-state index < -0.39 is 22.6 Å². The largest absolute Gasteiger partial charge is 0.494 e. The van der Waals surface area contributed by atoms with E-state index in [9.17, 15) is 19.5 Å². The van der Waals surface area contributed by atoms with Crippen molar-refractivity contribution in [3.63, 3.8) is 0 Å². The number of nitrogens with zero attached hydrogens (tertiary/aromatic N) is 1. The van der Waals surface area contributed by atoms with Crippen molar-refractivity contribution in [2.45, 2.75) is 47.1 Å². The smallest absolute Gasteiger partial charge is 0.248 e. The summed E-state index contributed by atoms with van der Waals surface area (Å²) in [5, 5.41) is 15.7. The summed E-state index contributed by atoms with van der Waals surface area (Å²) in [5.41, 5.74) is 1.21. The lowest BCUT2D eigenvalue weighted by molar-refractivity contribution is -0.138. The van der Waals surface area contributed by atoms with Crippen LogP contribution in [0.2, 0.25) is 5.02 Å². The molecule has 3 saturated heterocycles. The number of likely N-dealkylation sites (tertiary alicyclic amines) is 1. The number of benzene rings is 2. The molecular weight excluding hydrogens is 606 g/mol. The molecule has 6 atom stereocenters. The first-order chi connectivity index (χ1) is 18.8. The number of aliphatic hydroxyl groups is 1. The van der Waals surface area contributed by atoms with Gasteiger partial charge in [-0.25, -0.2) is 0 Å². The van der Waals surface area contributed by atoms with Gasteiger partial charge < -0.3 is 25.4 Å². The molecule has 3 fully saturated rings. The summed E-state index contributed by atoms with van der Waals surface area (Å²) in [6.45, 7) is 2.80. The second-order valence-corrected chi connectivity index (χ2v) is 13.2. The predicted octanol–water partition coefficient (Wildman–Crippen LogP) is 4.55. The number of nitrogens with one attached hydrogen (secondary N) is 2. The zero-order valence-corrected chi connectivity index (χ0v) is 24.6. The molecule has 3 aliphatic rings. The fourth-order valence-corrected chi connectivity index (χ4v) is 9.87. The van der Waals surface area contributed by atoms with Gasteiger partial charge in [0, 0.05) is 39.6 Å². The van der Waals surface area contributed by atoms with E-state index in [1.54, 1.807) is 65.2 Å². The molecule has 0 aliphatic carbocycles. The Balaban J connectivity index is 1.43. The Morgan fingerprint density at radius 1 is 1.10 bits per heavy atom. The van der Waals surface area contributed by atoms with Crippen LogP contribution >= 0.6 is 39.3 Å². The molecule has 3 N–H and O–H groups in total. The van der Waals surface area contributed by atoms with Crippen LogP contribution in [0.25, 0.3) is 0 Å². The predicted molar refractivity (Wildman–Crippen MR) is 157 cm³/mol. The van der Waals surface area contributed by atoms with Crippen molar-refractivity contribution < 1.29 is 24.2 Å². The van der Waals surface area contributed by atoms with E-state index in [0.29, 0.717) is 54.6 Å². The van der Waals surface area contributed by atoms with Gasteiger partial charge in [0.15, 0.2) is 0 Å². The molecule has 3 amide bonds. The van der Waals surface area contributed by atoms with Gasteiger partial charge in [0.25, 0.3) is 0 Å². The summed E-state index contributed by atoms with van der Waals surface area (Å²) < 4.78 is 4.75. The Bertz CT molecular complexity index is 1230. The Morgan fingerprint density at radius 3 is 2.38 bits per heavy atom. The highest BCUT2D eigenvalue weighted by Crippen LogP contribution is 2.67. The molecule has 11 heteroatoms. The number of fused-ring (bicyclic) bond motifs is 1. The molecule has 2 aromatic rings. The molecule has 8 nitrogen and oxygen atoms in total. The number of anilines is 2. The first-order valence-electron chi connectivity index (χ1n) is 13.1. The summed E-state index contributed by atoms with van der Waals surface area (Å²) in [6.07, 6.45) is 1.68. The number of alkyl halides is 1. The summed E-state index contributed by atoms with van der Waals surface area (Å²) in [4.78, 5) is 43.2. The van der Waals surface area contributed by atoms with Crippen LogP contribution in [0.15, 0.2) is 48.5 Å². The normalized spacial score (nSPS) is 28.9. The van der Waals surface area contributed by atoms with Crippen LogP contribution in [0.5, 0.6) is 5.75 Å². The summed E-state index contributed by atoms with van der Waals surface area (Å²) >= 11 is 11.4. The Morgan fingerprint density at radius 2 is 1.74 bits per heavy atom. The number of halogens is 2. The zero-order chi connectivity index (χ0) is 27.7. The quantitative estimate of drug-likeness (QED) is 0.261. The fraction of sp³-hybridized carbons (Fsp3) is 0.464. The highest BCUT2D eigenvalue weighted by atomic mass is 79.9. The zero-order valence-electron chi connectivity index (χ0n) is 21.4. The van der Waals surface area contributed by atoms with Gasteiger partial charge in [-0.15, -0.1) is 11.8 Å². The Hall–Kier alpha value is -2.27. The van der Waals surface area contributed by atoms with Crippen LogP contribution in [0.1, 0.15) is 26.2 Å². The third kappa shape index (κ3) is 5.28. The Labute approximate surface area is 245 Å². The minimum atomic E-state index is -0.748. The monoisotopic (exact) mass is 635 g/mol. The number of amides is 3. The van der Waals surface area contributed by atoms with E-state index in [-0.39, 0.29) is 34.4 Å². The number of ether oxygens (including phenoxy) is 1. The third-order valence-corrected chi connectivity index (χ3v) is 11.2. The summed E-state index contributed by atoms with van der Waals surface area (Å²) in [7, 11) is 0. The number of aliphatic hydroxyl groups excluding tert-OH is 1. The van der Waals surface area contributed by atoms with Crippen LogP contribution in [0.4, 0.5) is 11.4 Å². The van der Waals surface area contributed by atoms with Gasteiger partial charge >= 0.3 is 0 Å². The minimum absolute atomic E-state index is 0.00561. The number of carbonyl (C=O) groups excluding carboxylic acids is 3. The SMILES string of the molecule is CCOc1ccc(NC(=O)[C@H]2[C@H]3C(=O)N(CCCCO)C(C(=O)Nc4ccc(Cl)cc4)C34CC(Br)[C@@H]2S4)cc1. The molecule has 2 aromatic carbocycles. The summed E-state index contributed by atoms with van der Waals surface area (Å²) in [5.74, 6) is -1.19. The van der Waals surface area contributed by atoms with Crippen molar-refractivity contribution in [2.24, 2.45) is 11.8 Å².